The summed E-state index contributed by atoms with van der Waals surface area (Å²) in [6.07, 6.45) is -0.854. The second-order valence-electron chi connectivity index (χ2n) is 3.99. The zero-order valence-electron chi connectivity index (χ0n) is 10.3. The molecule has 1 unspecified atom stereocenters. The Morgan fingerprint density at radius 3 is 2.33 bits per heavy atom. The van der Waals surface area contributed by atoms with Gasteiger partial charge in [-0.3, -0.25) is 8.98 Å². The largest absolute Gasteiger partial charge is 0.481 e. The molecule has 1 N–H and O–H groups in total. The average Bonchev–Trinajstić information content (AvgIpc) is 2.27. The molecule has 1 rings (SSSR count). The molecule has 0 radical (unpaired) electrons. The summed E-state index contributed by atoms with van der Waals surface area (Å²) in [5, 5.41) is 8.64. The Kier molecular flexibility index (Phi) is 4.86. The van der Waals surface area contributed by atoms with Crippen LogP contribution >= 0.6 is 0 Å². The van der Waals surface area contributed by atoms with Gasteiger partial charge in [-0.05, 0) is 25.5 Å². The van der Waals surface area contributed by atoms with E-state index in [2.05, 4.69) is 0 Å². The van der Waals surface area contributed by atoms with Crippen molar-refractivity contribution in [1.29, 1.82) is 0 Å². The van der Waals surface area contributed by atoms with E-state index in [1.165, 1.54) is 12.1 Å². The summed E-state index contributed by atoms with van der Waals surface area (Å²) in [6, 6.07) is 6.21. The molecule has 100 valence electrons. The molecule has 0 spiro atoms. The molecule has 0 heterocycles. The molecular formula is C12H16O5S. The zero-order chi connectivity index (χ0) is 13.8. The molecule has 0 fully saturated rings. The van der Waals surface area contributed by atoms with Crippen LogP contribution in [0.1, 0.15) is 25.3 Å². The molecule has 1 aromatic carbocycles. The summed E-state index contributed by atoms with van der Waals surface area (Å²) in [6.45, 7) is 3.52. The molecule has 0 saturated heterocycles. The van der Waals surface area contributed by atoms with Crippen LogP contribution in [0.3, 0.4) is 0 Å². The van der Waals surface area contributed by atoms with Crippen molar-refractivity contribution >= 4 is 16.1 Å². The van der Waals surface area contributed by atoms with Gasteiger partial charge in [-0.15, -0.1) is 0 Å². The van der Waals surface area contributed by atoms with Crippen LogP contribution in [0.2, 0.25) is 0 Å². The standard InChI is InChI=1S/C12H16O5S/c1-3-10(8-12(13)14)17-18(15,16)11-6-4-9(2)5-7-11/h4-7,10H,3,8H2,1-2H3,(H,13,14). The van der Waals surface area contributed by atoms with E-state index < -0.39 is 22.2 Å². The summed E-state index contributed by atoms with van der Waals surface area (Å²) in [4.78, 5) is 10.6. The lowest BCUT2D eigenvalue weighted by atomic mass is 10.2. The van der Waals surface area contributed by atoms with E-state index in [4.69, 9.17) is 9.29 Å². The summed E-state index contributed by atoms with van der Waals surface area (Å²) in [5.41, 5.74) is 0.937. The molecule has 18 heavy (non-hydrogen) atoms. The van der Waals surface area contributed by atoms with Crippen LogP contribution in [-0.4, -0.2) is 25.6 Å². The highest BCUT2D eigenvalue weighted by Gasteiger charge is 2.22. The van der Waals surface area contributed by atoms with Crippen LogP contribution in [0.4, 0.5) is 0 Å². The van der Waals surface area contributed by atoms with Gasteiger partial charge in [0.1, 0.15) is 0 Å². The fourth-order valence-corrected chi connectivity index (χ4v) is 2.52. The number of carboxylic acids is 1. The number of hydrogen-bond acceptors (Lipinski definition) is 4. The molecule has 1 aromatic rings. The maximum atomic E-state index is 11.9. The Morgan fingerprint density at radius 2 is 1.89 bits per heavy atom. The highest BCUT2D eigenvalue weighted by atomic mass is 32.2. The molecular weight excluding hydrogens is 256 g/mol. The minimum absolute atomic E-state index is 0.0388. The average molecular weight is 272 g/mol. The Labute approximate surface area is 107 Å². The quantitative estimate of drug-likeness (QED) is 0.800. The lowest BCUT2D eigenvalue weighted by molar-refractivity contribution is -0.138. The number of rotatable bonds is 6. The summed E-state index contributed by atoms with van der Waals surface area (Å²) >= 11 is 0. The Bertz CT molecular complexity index is 504. The first-order valence-electron chi connectivity index (χ1n) is 5.57. The Morgan fingerprint density at radius 1 is 1.33 bits per heavy atom. The van der Waals surface area contributed by atoms with E-state index >= 15 is 0 Å². The topological polar surface area (TPSA) is 80.7 Å². The van der Waals surface area contributed by atoms with Gasteiger partial charge in [0, 0.05) is 0 Å². The fraction of sp³-hybridized carbons (Fsp3) is 0.417. The number of hydrogen-bond donors (Lipinski definition) is 1. The molecule has 5 nitrogen and oxygen atoms in total. The van der Waals surface area contributed by atoms with Crippen molar-refractivity contribution in [3.63, 3.8) is 0 Å². The Balaban J connectivity index is 2.86. The van der Waals surface area contributed by atoms with Crippen LogP contribution in [0.25, 0.3) is 0 Å². The minimum atomic E-state index is -3.90. The third-order valence-corrected chi connectivity index (χ3v) is 3.81. The number of aryl methyl sites for hydroxylation is 1. The van der Waals surface area contributed by atoms with Crippen LogP contribution < -0.4 is 0 Å². The van der Waals surface area contributed by atoms with Gasteiger partial charge in [0.25, 0.3) is 10.1 Å². The van der Waals surface area contributed by atoms with E-state index in [0.717, 1.165) is 5.56 Å². The number of carbonyl (C=O) groups is 1. The summed E-state index contributed by atoms with van der Waals surface area (Å²) in [7, 11) is -3.90. The van der Waals surface area contributed by atoms with Gasteiger partial charge in [0.2, 0.25) is 0 Å². The summed E-state index contributed by atoms with van der Waals surface area (Å²) < 4.78 is 28.7. The second kappa shape index (κ2) is 5.97. The van der Waals surface area contributed by atoms with Crippen molar-refractivity contribution in [1.82, 2.24) is 0 Å². The second-order valence-corrected chi connectivity index (χ2v) is 5.56. The first-order valence-corrected chi connectivity index (χ1v) is 6.97. The van der Waals surface area contributed by atoms with Gasteiger partial charge in [-0.25, -0.2) is 0 Å². The molecule has 0 amide bonds. The lowest BCUT2D eigenvalue weighted by Gasteiger charge is -2.13. The molecule has 6 heteroatoms. The van der Waals surface area contributed by atoms with Gasteiger partial charge >= 0.3 is 5.97 Å². The smallest absolute Gasteiger partial charge is 0.306 e. The first kappa shape index (κ1) is 14.7. The first-order chi connectivity index (χ1) is 8.35. The third kappa shape index (κ3) is 4.12. The third-order valence-electron chi connectivity index (χ3n) is 2.43. The fourth-order valence-electron chi connectivity index (χ4n) is 1.38. The highest BCUT2D eigenvalue weighted by Crippen LogP contribution is 2.17. The maximum Gasteiger partial charge on any atom is 0.306 e. The minimum Gasteiger partial charge on any atom is -0.481 e. The van der Waals surface area contributed by atoms with Crippen molar-refractivity contribution in [2.45, 2.75) is 37.7 Å². The van der Waals surface area contributed by atoms with E-state index in [-0.39, 0.29) is 11.3 Å². The van der Waals surface area contributed by atoms with E-state index in [0.29, 0.717) is 6.42 Å². The number of benzene rings is 1. The molecule has 0 saturated carbocycles. The van der Waals surface area contributed by atoms with Gasteiger partial charge in [-0.2, -0.15) is 8.42 Å². The predicted molar refractivity (Wildman–Crippen MR) is 65.8 cm³/mol. The lowest BCUT2D eigenvalue weighted by Crippen LogP contribution is -2.21. The molecule has 0 aromatic heterocycles. The molecule has 1 atom stereocenters. The van der Waals surface area contributed by atoms with E-state index in [1.807, 2.05) is 6.92 Å². The van der Waals surface area contributed by atoms with Gasteiger partial charge < -0.3 is 5.11 Å². The Hall–Kier alpha value is -1.40. The normalized spacial score (nSPS) is 13.2. The van der Waals surface area contributed by atoms with Gasteiger partial charge in [0.05, 0.1) is 17.4 Å². The van der Waals surface area contributed by atoms with Crippen LogP contribution in [0.15, 0.2) is 29.2 Å². The number of aliphatic carboxylic acids is 1. The predicted octanol–water partition coefficient (Wildman–Crippen LogP) is 1.95. The van der Waals surface area contributed by atoms with Crippen molar-refractivity contribution in [3.05, 3.63) is 29.8 Å². The SMILES string of the molecule is CCC(CC(=O)O)OS(=O)(=O)c1ccc(C)cc1. The van der Waals surface area contributed by atoms with Crippen LogP contribution in [-0.2, 0) is 19.1 Å². The van der Waals surface area contributed by atoms with Crippen LogP contribution in [0, 0.1) is 6.92 Å². The molecule has 0 bridgehead atoms. The number of carboxylic acid groups (broad SMARTS) is 1. The van der Waals surface area contributed by atoms with Crippen molar-refractivity contribution in [3.8, 4) is 0 Å². The zero-order valence-corrected chi connectivity index (χ0v) is 11.1. The van der Waals surface area contributed by atoms with E-state index in [1.54, 1.807) is 19.1 Å². The van der Waals surface area contributed by atoms with Crippen molar-refractivity contribution < 1.29 is 22.5 Å². The maximum absolute atomic E-state index is 11.9. The highest BCUT2D eigenvalue weighted by molar-refractivity contribution is 7.86. The van der Waals surface area contributed by atoms with Gasteiger partial charge in [0.15, 0.2) is 0 Å². The van der Waals surface area contributed by atoms with Crippen LogP contribution in [0.5, 0.6) is 0 Å². The van der Waals surface area contributed by atoms with Crippen molar-refractivity contribution in [2.24, 2.45) is 0 Å². The molecule has 0 aliphatic carbocycles. The monoisotopic (exact) mass is 272 g/mol. The summed E-state index contributed by atoms with van der Waals surface area (Å²) in [5.74, 6) is -1.08. The van der Waals surface area contributed by atoms with E-state index in [9.17, 15) is 13.2 Å². The molecule has 0 aliphatic heterocycles. The molecule has 0 aliphatic rings. The van der Waals surface area contributed by atoms with Gasteiger partial charge in [-0.1, -0.05) is 24.6 Å². The van der Waals surface area contributed by atoms with Crippen molar-refractivity contribution in [2.75, 3.05) is 0 Å².